The van der Waals surface area contributed by atoms with Crippen molar-refractivity contribution >= 4 is 11.6 Å². The van der Waals surface area contributed by atoms with E-state index in [1.165, 1.54) is 0 Å². The largest absolute Gasteiger partial charge is 0.383 e. The Hall–Kier alpha value is -0.580. The van der Waals surface area contributed by atoms with Crippen LogP contribution in [0.25, 0.3) is 0 Å². The summed E-state index contributed by atoms with van der Waals surface area (Å²) in [6, 6.07) is 0.0880. The van der Waals surface area contributed by atoms with Gasteiger partial charge in [0.1, 0.15) is 0 Å². The molecule has 1 N–H and O–H groups in total. The molecule has 5 heteroatoms. The Bertz CT molecular complexity index is 255. The number of rotatable bonds is 4. The molecule has 0 spiro atoms. The predicted octanol–water partition coefficient (Wildman–Crippen LogP) is 0.980. The molecule has 1 aromatic heterocycles. The molecule has 13 heavy (non-hydrogen) atoms. The topological polar surface area (TPSA) is 39.1 Å². The van der Waals surface area contributed by atoms with E-state index >= 15 is 0 Å². The average Bonchev–Trinajstić information content (AvgIpc) is 2.43. The number of ether oxygens (including phenoxy) is 1. The van der Waals surface area contributed by atoms with Gasteiger partial charge in [-0.2, -0.15) is 5.10 Å². The molecular formula is C8H14ClN3O. The zero-order chi connectivity index (χ0) is 9.84. The molecule has 1 heterocycles. The Balaban J connectivity index is 2.89. The quantitative estimate of drug-likeness (QED) is 0.793. The maximum absolute atomic E-state index is 5.98. The third-order valence-corrected chi connectivity index (χ3v) is 2.24. The second kappa shape index (κ2) is 4.60. The molecule has 0 aliphatic rings. The highest BCUT2D eigenvalue weighted by Crippen LogP contribution is 2.21. The number of nitrogens with zero attached hydrogens (tertiary/aromatic N) is 2. The van der Waals surface area contributed by atoms with Crippen LogP contribution < -0.4 is 5.32 Å². The van der Waals surface area contributed by atoms with Crippen LogP contribution in [0.2, 0.25) is 5.02 Å². The molecule has 1 rings (SSSR count). The zero-order valence-electron chi connectivity index (χ0n) is 8.04. The van der Waals surface area contributed by atoms with Crippen molar-refractivity contribution in [3.63, 3.8) is 0 Å². The molecule has 0 saturated heterocycles. The normalized spacial score (nSPS) is 13.2. The van der Waals surface area contributed by atoms with E-state index in [9.17, 15) is 0 Å². The molecule has 0 aliphatic heterocycles. The van der Waals surface area contributed by atoms with E-state index in [1.807, 2.05) is 14.1 Å². The Morgan fingerprint density at radius 2 is 2.46 bits per heavy atom. The third-order valence-electron chi connectivity index (χ3n) is 1.95. The fourth-order valence-electron chi connectivity index (χ4n) is 1.28. The number of nitrogens with one attached hydrogen (secondary N) is 1. The predicted molar refractivity (Wildman–Crippen MR) is 51.9 cm³/mol. The lowest BCUT2D eigenvalue weighted by Crippen LogP contribution is -2.23. The molecule has 0 aliphatic carbocycles. The van der Waals surface area contributed by atoms with Gasteiger partial charge in [0.25, 0.3) is 0 Å². The second-order valence-electron chi connectivity index (χ2n) is 2.80. The lowest BCUT2D eigenvalue weighted by Gasteiger charge is -2.15. The summed E-state index contributed by atoms with van der Waals surface area (Å²) in [5, 5.41) is 7.84. The molecule has 74 valence electrons. The number of aryl methyl sites for hydroxylation is 1. The van der Waals surface area contributed by atoms with Gasteiger partial charge < -0.3 is 10.1 Å². The first-order chi connectivity index (χ1) is 6.20. The number of hydrogen-bond acceptors (Lipinski definition) is 3. The minimum absolute atomic E-state index is 0.0880. The number of halogens is 1. The Labute approximate surface area is 82.8 Å². The van der Waals surface area contributed by atoms with Crippen LogP contribution in [0.5, 0.6) is 0 Å². The van der Waals surface area contributed by atoms with Crippen LogP contribution in [0, 0.1) is 0 Å². The molecule has 4 nitrogen and oxygen atoms in total. The lowest BCUT2D eigenvalue weighted by atomic mass is 10.2. The number of likely N-dealkylation sites (N-methyl/N-ethyl adjacent to an activating group) is 1. The van der Waals surface area contributed by atoms with Gasteiger partial charge in [-0.25, -0.2) is 0 Å². The summed E-state index contributed by atoms with van der Waals surface area (Å²) in [4.78, 5) is 0. The van der Waals surface area contributed by atoms with Gasteiger partial charge in [0.15, 0.2) is 0 Å². The SMILES string of the molecule is CNC(COC)c1c(Cl)cnn1C. The van der Waals surface area contributed by atoms with Gasteiger partial charge in [-0.05, 0) is 7.05 Å². The van der Waals surface area contributed by atoms with Gasteiger partial charge >= 0.3 is 0 Å². The highest BCUT2D eigenvalue weighted by atomic mass is 35.5. The van der Waals surface area contributed by atoms with E-state index in [1.54, 1.807) is 18.0 Å². The summed E-state index contributed by atoms with van der Waals surface area (Å²) in [5.74, 6) is 0. The van der Waals surface area contributed by atoms with Crippen molar-refractivity contribution in [2.45, 2.75) is 6.04 Å². The van der Waals surface area contributed by atoms with Crippen molar-refractivity contribution in [3.05, 3.63) is 16.9 Å². The summed E-state index contributed by atoms with van der Waals surface area (Å²) < 4.78 is 6.82. The van der Waals surface area contributed by atoms with Gasteiger partial charge in [0.2, 0.25) is 0 Å². The van der Waals surface area contributed by atoms with Crippen molar-refractivity contribution in [1.82, 2.24) is 15.1 Å². The Morgan fingerprint density at radius 1 is 1.77 bits per heavy atom. The minimum Gasteiger partial charge on any atom is -0.383 e. The summed E-state index contributed by atoms with van der Waals surface area (Å²) in [6.45, 7) is 0.579. The van der Waals surface area contributed by atoms with Gasteiger partial charge in [-0.15, -0.1) is 0 Å². The van der Waals surface area contributed by atoms with Crippen molar-refractivity contribution in [3.8, 4) is 0 Å². The zero-order valence-corrected chi connectivity index (χ0v) is 8.80. The van der Waals surface area contributed by atoms with Gasteiger partial charge in [-0.1, -0.05) is 11.6 Å². The molecule has 0 bridgehead atoms. The maximum Gasteiger partial charge on any atom is 0.0834 e. The van der Waals surface area contributed by atoms with Crippen LogP contribution in [0.15, 0.2) is 6.20 Å². The van der Waals surface area contributed by atoms with Crippen LogP contribution in [-0.4, -0.2) is 30.5 Å². The number of aromatic nitrogens is 2. The van der Waals surface area contributed by atoms with Crippen LogP contribution >= 0.6 is 11.6 Å². The maximum atomic E-state index is 5.98. The third kappa shape index (κ3) is 2.21. The van der Waals surface area contributed by atoms with E-state index in [0.717, 1.165) is 5.69 Å². The Kier molecular flexibility index (Phi) is 3.71. The first kappa shape index (κ1) is 10.5. The summed E-state index contributed by atoms with van der Waals surface area (Å²) in [6.07, 6.45) is 1.64. The van der Waals surface area contributed by atoms with Crippen LogP contribution in [-0.2, 0) is 11.8 Å². The molecule has 0 saturated carbocycles. The number of hydrogen-bond donors (Lipinski definition) is 1. The van der Waals surface area contributed by atoms with E-state index in [2.05, 4.69) is 10.4 Å². The summed E-state index contributed by atoms with van der Waals surface area (Å²) >= 11 is 5.98. The van der Waals surface area contributed by atoms with E-state index < -0.39 is 0 Å². The standard InChI is InChI=1S/C8H14ClN3O/c1-10-7(5-13-3)8-6(9)4-11-12(8)2/h4,7,10H,5H2,1-3H3. The van der Waals surface area contributed by atoms with Crippen LogP contribution in [0.4, 0.5) is 0 Å². The van der Waals surface area contributed by atoms with E-state index in [0.29, 0.717) is 11.6 Å². The molecule has 0 amide bonds. The van der Waals surface area contributed by atoms with Gasteiger partial charge in [0.05, 0.1) is 29.6 Å². The molecule has 0 fully saturated rings. The fourth-order valence-corrected chi connectivity index (χ4v) is 1.58. The van der Waals surface area contributed by atoms with Crippen molar-refractivity contribution in [2.75, 3.05) is 20.8 Å². The molecule has 1 aromatic rings. The minimum atomic E-state index is 0.0880. The highest BCUT2D eigenvalue weighted by molar-refractivity contribution is 6.31. The van der Waals surface area contributed by atoms with E-state index in [-0.39, 0.29) is 6.04 Å². The first-order valence-corrected chi connectivity index (χ1v) is 4.42. The van der Waals surface area contributed by atoms with Crippen molar-refractivity contribution in [1.29, 1.82) is 0 Å². The lowest BCUT2D eigenvalue weighted by molar-refractivity contribution is 0.167. The molecule has 1 atom stereocenters. The van der Waals surface area contributed by atoms with Crippen molar-refractivity contribution in [2.24, 2.45) is 7.05 Å². The molecule has 1 unspecified atom stereocenters. The van der Waals surface area contributed by atoms with Crippen LogP contribution in [0.1, 0.15) is 11.7 Å². The highest BCUT2D eigenvalue weighted by Gasteiger charge is 2.16. The first-order valence-electron chi connectivity index (χ1n) is 4.04. The van der Waals surface area contributed by atoms with Crippen molar-refractivity contribution < 1.29 is 4.74 Å². The van der Waals surface area contributed by atoms with E-state index in [4.69, 9.17) is 16.3 Å². The molecular weight excluding hydrogens is 190 g/mol. The summed E-state index contributed by atoms with van der Waals surface area (Å²) in [7, 11) is 5.39. The van der Waals surface area contributed by atoms with Crippen LogP contribution in [0.3, 0.4) is 0 Å². The second-order valence-corrected chi connectivity index (χ2v) is 3.21. The van der Waals surface area contributed by atoms with Gasteiger partial charge in [0, 0.05) is 14.2 Å². The smallest absolute Gasteiger partial charge is 0.0834 e. The Morgan fingerprint density at radius 3 is 2.85 bits per heavy atom. The molecule has 0 radical (unpaired) electrons. The number of methoxy groups -OCH3 is 1. The average molecular weight is 204 g/mol. The van der Waals surface area contributed by atoms with Gasteiger partial charge in [-0.3, -0.25) is 4.68 Å². The summed E-state index contributed by atoms with van der Waals surface area (Å²) in [5.41, 5.74) is 0.950. The monoisotopic (exact) mass is 203 g/mol. The molecule has 0 aromatic carbocycles. The fraction of sp³-hybridized carbons (Fsp3) is 0.625.